The zero-order valence-corrected chi connectivity index (χ0v) is 19.5. The minimum absolute atomic E-state index is 0.00271. The lowest BCUT2D eigenvalue weighted by Crippen LogP contribution is -2.41. The zero-order valence-electron chi connectivity index (χ0n) is 17.8. The first-order chi connectivity index (χ1) is 15.9. The number of nitrogens with zero attached hydrogens (tertiary/aromatic N) is 3. The molecule has 2 aromatic carbocycles. The van der Waals surface area contributed by atoms with E-state index in [1.165, 1.54) is 23.8 Å². The van der Waals surface area contributed by atoms with Gasteiger partial charge in [-0.05, 0) is 54.3 Å². The van der Waals surface area contributed by atoms with Gasteiger partial charge in [-0.25, -0.2) is 9.69 Å². The van der Waals surface area contributed by atoms with Crippen LogP contribution in [-0.4, -0.2) is 53.4 Å². The number of esters is 1. The Morgan fingerprint density at radius 2 is 1.88 bits per heavy atom. The van der Waals surface area contributed by atoms with Crippen molar-refractivity contribution in [3.05, 3.63) is 59.2 Å². The van der Waals surface area contributed by atoms with E-state index < -0.39 is 11.9 Å². The summed E-state index contributed by atoms with van der Waals surface area (Å²) in [6.07, 6.45) is 3.38. The second-order valence-electron chi connectivity index (χ2n) is 6.64. The molecule has 0 aromatic heterocycles. The number of benzene rings is 2. The number of carbonyl (C=O) groups is 2. The number of amidine groups is 3. The molecule has 0 unspecified atom stereocenters. The molecular weight excluding hydrogens is 464 g/mol. The Bertz CT molecular complexity index is 1240. The first-order valence-corrected chi connectivity index (χ1v) is 11.5. The summed E-state index contributed by atoms with van der Waals surface area (Å²) in [5.74, 6) is 0.0713. The normalized spacial score (nSPS) is 16.3. The van der Waals surface area contributed by atoms with Crippen molar-refractivity contribution in [1.29, 1.82) is 5.41 Å². The molecule has 1 N–H and O–H groups in total. The van der Waals surface area contributed by atoms with Crippen LogP contribution in [0.4, 0.5) is 0 Å². The van der Waals surface area contributed by atoms with Crippen LogP contribution in [0.1, 0.15) is 15.9 Å². The topological polar surface area (TPSA) is 114 Å². The largest absolute Gasteiger partial charge is 0.497 e. The van der Waals surface area contributed by atoms with Gasteiger partial charge in [-0.1, -0.05) is 17.8 Å². The molecular formula is C22H18N4O5S2. The van der Waals surface area contributed by atoms with Crippen LogP contribution in [0.5, 0.6) is 17.2 Å². The van der Waals surface area contributed by atoms with Crippen molar-refractivity contribution >= 4 is 57.8 Å². The summed E-state index contributed by atoms with van der Waals surface area (Å²) < 4.78 is 20.2. The van der Waals surface area contributed by atoms with Gasteiger partial charge < -0.3 is 14.2 Å². The third kappa shape index (κ3) is 4.50. The minimum atomic E-state index is -0.552. The third-order valence-electron chi connectivity index (χ3n) is 4.70. The van der Waals surface area contributed by atoms with E-state index >= 15 is 0 Å². The Balaban J connectivity index is 1.58. The van der Waals surface area contributed by atoms with Crippen LogP contribution in [-0.2, 0) is 4.79 Å². The van der Waals surface area contributed by atoms with Gasteiger partial charge in [0.2, 0.25) is 5.17 Å². The van der Waals surface area contributed by atoms with E-state index in [0.717, 1.165) is 11.9 Å². The van der Waals surface area contributed by atoms with Gasteiger partial charge in [0, 0.05) is 0 Å². The predicted molar refractivity (Wildman–Crippen MR) is 129 cm³/mol. The van der Waals surface area contributed by atoms with Crippen molar-refractivity contribution in [3.8, 4) is 17.2 Å². The quantitative estimate of drug-likeness (QED) is 0.296. The SMILES string of the molecule is COc1ccc(C(=O)Oc2ccc(/C=C3/C(=N)N4C(SC)=NSC4=NC3=O)cc2OC)cc1. The monoisotopic (exact) mass is 482 g/mol. The molecule has 0 radical (unpaired) electrons. The van der Waals surface area contributed by atoms with Crippen LogP contribution in [0.2, 0.25) is 0 Å². The van der Waals surface area contributed by atoms with E-state index in [9.17, 15) is 9.59 Å². The van der Waals surface area contributed by atoms with E-state index in [1.807, 2.05) is 6.26 Å². The van der Waals surface area contributed by atoms with Crippen LogP contribution in [0.25, 0.3) is 6.08 Å². The third-order valence-corrected chi connectivity index (χ3v) is 6.16. The van der Waals surface area contributed by atoms with Gasteiger partial charge in [-0.3, -0.25) is 10.2 Å². The number of thioether (sulfide) groups is 1. The molecule has 2 aromatic rings. The van der Waals surface area contributed by atoms with Gasteiger partial charge in [0.25, 0.3) is 5.91 Å². The summed E-state index contributed by atoms with van der Waals surface area (Å²) in [4.78, 5) is 30.6. The van der Waals surface area contributed by atoms with Gasteiger partial charge in [0.1, 0.15) is 11.6 Å². The molecule has 0 aliphatic carbocycles. The first-order valence-electron chi connectivity index (χ1n) is 9.52. The first kappa shape index (κ1) is 22.6. The molecule has 1 amide bonds. The molecule has 0 saturated heterocycles. The van der Waals surface area contributed by atoms with Crippen molar-refractivity contribution in [2.45, 2.75) is 0 Å². The van der Waals surface area contributed by atoms with Crippen molar-refractivity contribution < 1.29 is 23.8 Å². The molecule has 9 nitrogen and oxygen atoms in total. The Kier molecular flexibility index (Phi) is 6.52. The Hall–Kier alpha value is -3.57. The number of ether oxygens (including phenoxy) is 3. The molecule has 0 fully saturated rings. The number of amides is 1. The van der Waals surface area contributed by atoms with Crippen LogP contribution >= 0.6 is 23.7 Å². The summed E-state index contributed by atoms with van der Waals surface area (Å²) in [6, 6.07) is 11.4. The highest BCUT2D eigenvalue weighted by molar-refractivity contribution is 8.18. The Morgan fingerprint density at radius 3 is 2.55 bits per heavy atom. The average molecular weight is 483 g/mol. The minimum Gasteiger partial charge on any atom is -0.497 e. The van der Waals surface area contributed by atoms with Gasteiger partial charge >= 0.3 is 5.97 Å². The fourth-order valence-electron chi connectivity index (χ4n) is 3.04. The maximum Gasteiger partial charge on any atom is 0.343 e. The Labute approximate surface area is 198 Å². The number of carbonyl (C=O) groups excluding carboxylic acids is 2. The second kappa shape index (κ2) is 9.51. The van der Waals surface area contributed by atoms with Gasteiger partial charge in [0.05, 0.1) is 37.3 Å². The van der Waals surface area contributed by atoms with Crippen LogP contribution < -0.4 is 14.2 Å². The number of hydrogen-bond acceptors (Lipinski definition) is 9. The molecule has 33 heavy (non-hydrogen) atoms. The van der Waals surface area contributed by atoms with E-state index in [-0.39, 0.29) is 17.2 Å². The molecule has 2 aliphatic heterocycles. The summed E-state index contributed by atoms with van der Waals surface area (Å²) in [7, 11) is 2.99. The molecule has 0 saturated carbocycles. The number of aliphatic imine (C=N–C) groups is 1. The summed E-state index contributed by atoms with van der Waals surface area (Å²) >= 11 is 2.43. The fraction of sp³-hybridized carbons (Fsp3) is 0.136. The van der Waals surface area contributed by atoms with E-state index in [1.54, 1.807) is 55.7 Å². The summed E-state index contributed by atoms with van der Waals surface area (Å²) in [5, 5.41) is 9.43. The molecule has 11 heteroatoms. The lowest BCUT2D eigenvalue weighted by atomic mass is 10.1. The molecule has 4 rings (SSSR count). The van der Waals surface area contributed by atoms with Crippen molar-refractivity contribution in [2.24, 2.45) is 9.39 Å². The number of fused-ring (bicyclic) bond motifs is 1. The van der Waals surface area contributed by atoms with Crippen LogP contribution in [0.3, 0.4) is 0 Å². The lowest BCUT2D eigenvalue weighted by molar-refractivity contribution is -0.114. The Morgan fingerprint density at radius 1 is 1.12 bits per heavy atom. The highest BCUT2D eigenvalue weighted by Crippen LogP contribution is 2.33. The van der Waals surface area contributed by atoms with Crippen molar-refractivity contribution in [3.63, 3.8) is 0 Å². The molecule has 0 atom stereocenters. The number of methoxy groups -OCH3 is 2. The average Bonchev–Trinajstić information content (AvgIpc) is 3.25. The highest BCUT2D eigenvalue weighted by Gasteiger charge is 2.37. The second-order valence-corrected chi connectivity index (χ2v) is 8.14. The molecule has 0 bridgehead atoms. The molecule has 168 valence electrons. The van der Waals surface area contributed by atoms with Gasteiger partial charge in [0.15, 0.2) is 16.7 Å². The van der Waals surface area contributed by atoms with Gasteiger partial charge in [-0.2, -0.15) is 9.39 Å². The number of nitrogens with one attached hydrogen (secondary N) is 1. The molecule has 0 spiro atoms. The molecule has 2 aliphatic rings. The predicted octanol–water partition coefficient (Wildman–Crippen LogP) is 3.86. The maximum absolute atomic E-state index is 12.5. The maximum atomic E-state index is 12.5. The van der Waals surface area contributed by atoms with Crippen molar-refractivity contribution in [1.82, 2.24) is 4.90 Å². The highest BCUT2D eigenvalue weighted by atomic mass is 32.2. The molecule has 2 heterocycles. The lowest BCUT2D eigenvalue weighted by Gasteiger charge is -2.23. The van der Waals surface area contributed by atoms with E-state index in [2.05, 4.69) is 9.39 Å². The fourth-order valence-corrected chi connectivity index (χ4v) is 4.50. The van der Waals surface area contributed by atoms with Crippen LogP contribution in [0.15, 0.2) is 57.4 Å². The van der Waals surface area contributed by atoms with E-state index in [0.29, 0.717) is 33.0 Å². The van der Waals surface area contributed by atoms with Crippen molar-refractivity contribution in [2.75, 3.05) is 20.5 Å². The summed E-state index contributed by atoms with van der Waals surface area (Å²) in [5.41, 5.74) is 1.05. The van der Waals surface area contributed by atoms with Gasteiger partial charge in [-0.15, -0.1) is 0 Å². The number of rotatable bonds is 5. The summed E-state index contributed by atoms with van der Waals surface area (Å²) in [6.45, 7) is 0. The van der Waals surface area contributed by atoms with Crippen LogP contribution in [0, 0.1) is 5.41 Å². The zero-order chi connectivity index (χ0) is 23.5. The standard InChI is InChI=1S/C22H18N4O5S2/c1-29-14-7-5-13(6-8-14)20(28)31-16-9-4-12(11-17(16)30-2)10-15-18(23)26-21(24-19(15)27)33-25-22(26)32-3/h4-11,23H,1-3H3/b15-10-,23-18?. The number of hydrogen-bond donors (Lipinski definition) is 1. The smallest absolute Gasteiger partial charge is 0.343 e. The van der Waals surface area contributed by atoms with E-state index in [4.69, 9.17) is 19.6 Å².